The number of hydrogen-bond donors (Lipinski definition) is 1. The summed E-state index contributed by atoms with van der Waals surface area (Å²) in [5.74, 6) is 0. The molecule has 0 aliphatic heterocycles. The molecule has 2 aromatic heterocycles. The lowest BCUT2D eigenvalue weighted by Gasteiger charge is -2.11. The molecule has 19 heavy (non-hydrogen) atoms. The molecule has 3 nitrogen and oxygen atoms in total. The third-order valence-electron chi connectivity index (χ3n) is 3.36. The van der Waals surface area contributed by atoms with Crippen LogP contribution in [-0.2, 0) is 13.1 Å². The van der Waals surface area contributed by atoms with E-state index in [9.17, 15) is 0 Å². The number of nitrogens with zero attached hydrogens (tertiary/aromatic N) is 2. The smallest absolute Gasteiger partial charge is 0.0705 e. The molecule has 0 saturated heterocycles. The molecule has 0 aliphatic carbocycles. The van der Waals surface area contributed by atoms with Crippen molar-refractivity contribution in [3.8, 4) is 0 Å². The molecular weight excluding hydrogens is 234 g/mol. The molecular formula is C16H17N3. The predicted octanol–water partition coefficient (Wildman–Crippen LogP) is 2.80. The van der Waals surface area contributed by atoms with Crippen LogP contribution in [0.3, 0.4) is 0 Å². The van der Waals surface area contributed by atoms with Gasteiger partial charge in [0, 0.05) is 36.6 Å². The summed E-state index contributed by atoms with van der Waals surface area (Å²) in [4.78, 5) is 4.41. The lowest BCUT2D eigenvalue weighted by Crippen LogP contribution is -2.11. The first kappa shape index (κ1) is 11.9. The molecule has 0 spiro atoms. The van der Waals surface area contributed by atoms with Gasteiger partial charge in [-0.1, -0.05) is 18.2 Å². The maximum atomic E-state index is 4.41. The average molecular weight is 251 g/mol. The molecule has 3 rings (SSSR count). The second-order valence-corrected chi connectivity index (χ2v) is 4.64. The maximum absolute atomic E-state index is 4.41. The van der Waals surface area contributed by atoms with E-state index in [4.69, 9.17) is 0 Å². The highest BCUT2D eigenvalue weighted by Gasteiger charge is 2.04. The lowest BCUT2D eigenvalue weighted by atomic mass is 10.1. The van der Waals surface area contributed by atoms with Crippen LogP contribution in [0.5, 0.6) is 0 Å². The summed E-state index contributed by atoms with van der Waals surface area (Å²) in [7, 11) is 1.97. The van der Waals surface area contributed by atoms with Gasteiger partial charge >= 0.3 is 0 Å². The normalized spacial score (nSPS) is 11.0. The van der Waals surface area contributed by atoms with Crippen molar-refractivity contribution in [1.29, 1.82) is 0 Å². The Kier molecular flexibility index (Phi) is 3.29. The van der Waals surface area contributed by atoms with Crippen LogP contribution in [-0.4, -0.2) is 16.6 Å². The van der Waals surface area contributed by atoms with Gasteiger partial charge in [-0.2, -0.15) is 0 Å². The van der Waals surface area contributed by atoms with Gasteiger partial charge in [0.05, 0.1) is 5.52 Å². The third-order valence-corrected chi connectivity index (χ3v) is 3.36. The van der Waals surface area contributed by atoms with Gasteiger partial charge in [-0.15, -0.1) is 0 Å². The molecule has 0 bridgehead atoms. The van der Waals surface area contributed by atoms with Crippen LogP contribution in [0.15, 0.2) is 54.9 Å². The molecule has 0 saturated carbocycles. The molecule has 3 heteroatoms. The van der Waals surface area contributed by atoms with Gasteiger partial charge in [0.1, 0.15) is 0 Å². The Balaban J connectivity index is 1.99. The highest BCUT2D eigenvalue weighted by molar-refractivity contribution is 5.81. The van der Waals surface area contributed by atoms with E-state index in [-0.39, 0.29) is 0 Å². The second-order valence-electron chi connectivity index (χ2n) is 4.64. The number of rotatable bonds is 4. The Morgan fingerprint density at radius 1 is 1.11 bits per heavy atom. The summed E-state index contributed by atoms with van der Waals surface area (Å²) >= 11 is 0. The molecule has 0 unspecified atom stereocenters. The Morgan fingerprint density at radius 2 is 2.00 bits per heavy atom. The van der Waals surface area contributed by atoms with Crippen molar-refractivity contribution in [3.63, 3.8) is 0 Å². The van der Waals surface area contributed by atoms with E-state index >= 15 is 0 Å². The summed E-state index contributed by atoms with van der Waals surface area (Å²) in [6.45, 7) is 1.77. The summed E-state index contributed by atoms with van der Waals surface area (Å²) in [6, 6.07) is 14.6. The van der Waals surface area contributed by atoms with Crippen molar-refractivity contribution in [1.82, 2.24) is 14.9 Å². The molecule has 0 aliphatic rings. The van der Waals surface area contributed by atoms with Crippen molar-refractivity contribution >= 4 is 10.9 Å². The van der Waals surface area contributed by atoms with Crippen LogP contribution >= 0.6 is 0 Å². The average Bonchev–Trinajstić information content (AvgIpc) is 2.87. The molecule has 1 aromatic carbocycles. The number of fused-ring (bicyclic) bond motifs is 1. The number of pyridine rings is 1. The van der Waals surface area contributed by atoms with Gasteiger partial charge < -0.3 is 9.88 Å². The van der Waals surface area contributed by atoms with Gasteiger partial charge in [0.2, 0.25) is 0 Å². The first-order chi connectivity index (χ1) is 9.38. The van der Waals surface area contributed by atoms with E-state index in [1.165, 1.54) is 16.6 Å². The Hall–Kier alpha value is -2.13. The number of hydrogen-bond acceptors (Lipinski definition) is 2. The number of benzene rings is 1. The van der Waals surface area contributed by atoms with E-state index in [1.807, 2.05) is 19.3 Å². The first-order valence-electron chi connectivity index (χ1n) is 6.50. The topological polar surface area (TPSA) is 29.9 Å². The van der Waals surface area contributed by atoms with E-state index in [0.29, 0.717) is 0 Å². The Bertz CT molecular complexity index is 680. The van der Waals surface area contributed by atoms with Crippen molar-refractivity contribution < 1.29 is 0 Å². The fourth-order valence-electron chi connectivity index (χ4n) is 2.42. The third kappa shape index (κ3) is 2.37. The summed E-state index contributed by atoms with van der Waals surface area (Å²) in [6.07, 6.45) is 4.01. The minimum atomic E-state index is 0.882. The molecule has 3 aromatic rings. The number of aromatic nitrogens is 2. The minimum Gasteiger partial charge on any atom is -0.346 e. The SMILES string of the molecule is CNCc1cccn1Cc1ccnc2ccccc12. The van der Waals surface area contributed by atoms with Gasteiger partial charge in [-0.25, -0.2) is 0 Å². The minimum absolute atomic E-state index is 0.882. The van der Waals surface area contributed by atoms with Gasteiger partial charge in [-0.05, 0) is 36.9 Å². The van der Waals surface area contributed by atoms with Crippen molar-refractivity contribution in [2.24, 2.45) is 0 Å². The zero-order valence-corrected chi connectivity index (χ0v) is 11.0. The fourth-order valence-corrected chi connectivity index (χ4v) is 2.42. The van der Waals surface area contributed by atoms with Crippen LogP contribution in [0.2, 0.25) is 0 Å². The van der Waals surface area contributed by atoms with Crippen molar-refractivity contribution in [2.45, 2.75) is 13.1 Å². The summed E-state index contributed by atoms with van der Waals surface area (Å²) in [5, 5.41) is 4.43. The van der Waals surface area contributed by atoms with Crippen LogP contribution in [0.25, 0.3) is 10.9 Å². The number of para-hydroxylation sites is 1. The van der Waals surface area contributed by atoms with Gasteiger partial charge in [0.15, 0.2) is 0 Å². The monoisotopic (exact) mass is 251 g/mol. The Labute approximate surface area is 112 Å². The fraction of sp³-hybridized carbons (Fsp3) is 0.188. The zero-order valence-electron chi connectivity index (χ0n) is 11.0. The van der Waals surface area contributed by atoms with Crippen LogP contribution in [0.1, 0.15) is 11.3 Å². The summed E-state index contributed by atoms with van der Waals surface area (Å²) in [5.41, 5.74) is 3.66. The van der Waals surface area contributed by atoms with E-state index in [0.717, 1.165) is 18.6 Å². The molecule has 0 fully saturated rings. The molecule has 0 atom stereocenters. The lowest BCUT2D eigenvalue weighted by molar-refractivity contribution is 0.696. The molecule has 0 radical (unpaired) electrons. The van der Waals surface area contributed by atoms with Crippen LogP contribution < -0.4 is 5.32 Å². The molecule has 96 valence electrons. The van der Waals surface area contributed by atoms with E-state index < -0.39 is 0 Å². The van der Waals surface area contributed by atoms with E-state index in [2.05, 4.69) is 57.5 Å². The Morgan fingerprint density at radius 3 is 2.89 bits per heavy atom. The van der Waals surface area contributed by atoms with Crippen molar-refractivity contribution in [2.75, 3.05) is 7.05 Å². The van der Waals surface area contributed by atoms with Crippen LogP contribution in [0, 0.1) is 0 Å². The molecule has 1 N–H and O–H groups in total. The largest absolute Gasteiger partial charge is 0.346 e. The standard InChI is InChI=1S/C16H17N3/c1-17-11-14-5-4-10-19(14)12-13-8-9-18-16-7-3-2-6-15(13)16/h2-10,17H,11-12H2,1H3. The quantitative estimate of drug-likeness (QED) is 0.772. The predicted molar refractivity (Wildman–Crippen MR) is 78.0 cm³/mol. The van der Waals surface area contributed by atoms with E-state index in [1.54, 1.807) is 0 Å². The second kappa shape index (κ2) is 5.24. The van der Waals surface area contributed by atoms with Crippen molar-refractivity contribution in [3.05, 3.63) is 66.1 Å². The van der Waals surface area contributed by atoms with Gasteiger partial charge in [0.25, 0.3) is 0 Å². The summed E-state index contributed by atoms with van der Waals surface area (Å²) < 4.78 is 2.28. The van der Waals surface area contributed by atoms with Crippen LogP contribution in [0.4, 0.5) is 0 Å². The zero-order chi connectivity index (χ0) is 13.1. The number of nitrogens with one attached hydrogen (secondary N) is 1. The van der Waals surface area contributed by atoms with Gasteiger partial charge in [-0.3, -0.25) is 4.98 Å². The molecule has 0 amide bonds. The highest BCUT2D eigenvalue weighted by atomic mass is 15.0. The molecule has 2 heterocycles. The maximum Gasteiger partial charge on any atom is 0.0705 e. The highest BCUT2D eigenvalue weighted by Crippen LogP contribution is 2.18. The first-order valence-corrected chi connectivity index (χ1v) is 6.50.